The number of rotatable bonds is 8. The zero-order valence-corrected chi connectivity index (χ0v) is 18.7. The Balaban J connectivity index is 1.41. The summed E-state index contributed by atoms with van der Waals surface area (Å²) in [7, 11) is 0. The molecule has 0 bridgehead atoms. The summed E-state index contributed by atoms with van der Waals surface area (Å²) < 4.78 is 14.3. The number of carbonyl (C=O) groups is 1. The largest absolute Gasteiger partial charge is 0.391 e. The normalized spacial score (nSPS) is 18.2. The quantitative estimate of drug-likeness (QED) is 0.548. The molecule has 3 N–H and O–H groups in total. The predicted molar refractivity (Wildman–Crippen MR) is 128 cm³/mol. The molecule has 3 aromatic rings. The molecular weight excluding hydrogens is 415 g/mol. The fourth-order valence-electron chi connectivity index (χ4n) is 4.71. The van der Waals surface area contributed by atoms with Crippen molar-refractivity contribution in [2.45, 2.75) is 44.4 Å². The summed E-state index contributed by atoms with van der Waals surface area (Å²) in [5.74, 6) is -0.908. The van der Waals surface area contributed by atoms with Gasteiger partial charge in [0.15, 0.2) is 0 Å². The number of benzene rings is 3. The molecule has 1 aliphatic heterocycles. The molecular formula is C28H31FN2O2. The summed E-state index contributed by atoms with van der Waals surface area (Å²) in [5.41, 5.74) is 10.1. The third-order valence-electron chi connectivity index (χ3n) is 6.38. The molecule has 1 saturated heterocycles. The van der Waals surface area contributed by atoms with Gasteiger partial charge in [0.2, 0.25) is 5.91 Å². The molecule has 5 heteroatoms. The summed E-state index contributed by atoms with van der Waals surface area (Å²) in [6.07, 6.45) is 1.40. The summed E-state index contributed by atoms with van der Waals surface area (Å²) >= 11 is 0. The molecule has 4 rings (SSSR count). The van der Waals surface area contributed by atoms with Crippen molar-refractivity contribution in [3.8, 4) is 0 Å². The Morgan fingerprint density at radius 1 is 0.939 bits per heavy atom. The number of likely N-dealkylation sites (tertiary alicyclic amines) is 1. The number of nitrogens with zero attached hydrogens (tertiary/aromatic N) is 1. The maximum Gasteiger partial charge on any atom is 0.228 e. The number of piperidine rings is 1. The van der Waals surface area contributed by atoms with Gasteiger partial charge in [-0.2, -0.15) is 0 Å². The first-order valence-electron chi connectivity index (χ1n) is 11.6. The Morgan fingerprint density at radius 2 is 1.58 bits per heavy atom. The van der Waals surface area contributed by atoms with E-state index in [1.165, 1.54) is 12.1 Å². The van der Waals surface area contributed by atoms with Gasteiger partial charge >= 0.3 is 0 Å². The molecule has 3 aromatic carbocycles. The average molecular weight is 447 g/mol. The number of halogens is 1. The maximum absolute atomic E-state index is 14.3. The first-order chi connectivity index (χ1) is 16.0. The van der Waals surface area contributed by atoms with Crippen LogP contribution in [-0.2, 0) is 24.2 Å². The molecule has 0 spiro atoms. The summed E-state index contributed by atoms with van der Waals surface area (Å²) in [5, 5.41) is 11.0. The van der Waals surface area contributed by atoms with Gasteiger partial charge in [0, 0.05) is 19.1 Å². The van der Waals surface area contributed by atoms with E-state index in [9.17, 15) is 14.3 Å². The average Bonchev–Trinajstić information content (AvgIpc) is 2.81. The summed E-state index contributed by atoms with van der Waals surface area (Å²) in [4.78, 5) is 14.9. The lowest BCUT2D eigenvalue weighted by atomic mass is 9.85. The third-order valence-corrected chi connectivity index (χ3v) is 6.38. The summed E-state index contributed by atoms with van der Waals surface area (Å²) in [6.45, 7) is 1.21. The van der Waals surface area contributed by atoms with Crippen LogP contribution in [0.25, 0.3) is 0 Å². The molecule has 0 saturated carbocycles. The second-order valence-corrected chi connectivity index (χ2v) is 8.98. The van der Waals surface area contributed by atoms with Crippen molar-refractivity contribution in [3.05, 3.63) is 107 Å². The molecule has 0 aliphatic carbocycles. The van der Waals surface area contributed by atoms with Crippen molar-refractivity contribution >= 4 is 5.91 Å². The van der Waals surface area contributed by atoms with E-state index < -0.39 is 18.1 Å². The van der Waals surface area contributed by atoms with Crippen LogP contribution in [-0.4, -0.2) is 34.6 Å². The molecule has 4 nitrogen and oxygen atoms in total. The van der Waals surface area contributed by atoms with Gasteiger partial charge in [0.1, 0.15) is 5.82 Å². The van der Waals surface area contributed by atoms with Crippen molar-refractivity contribution in [1.29, 1.82) is 0 Å². The maximum atomic E-state index is 14.3. The van der Waals surface area contributed by atoms with E-state index in [-0.39, 0.29) is 11.7 Å². The van der Waals surface area contributed by atoms with Crippen molar-refractivity contribution in [2.24, 2.45) is 11.7 Å². The smallest absolute Gasteiger partial charge is 0.228 e. The highest BCUT2D eigenvalue weighted by atomic mass is 19.1. The highest BCUT2D eigenvalue weighted by molar-refractivity contribution is 5.80. The number of nitrogens with two attached hydrogens (primary N) is 1. The van der Waals surface area contributed by atoms with Gasteiger partial charge in [-0.25, -0.2) is 4.39 Å². The van der Waals surface area contributed by atoms with Crippen LogP contribution < -0.4 is 5.73 Å². The van der Waals surface area contributed by atoms with Crippen LogP contribution in [0, 0.1) is 11.7 Å². The minimum atomic E-state index is -0.975. The van der Waals surface area contributed by atoms with Gasteiger partial charge in [-0.15, -0.1) is 0 Å². The lowest BCUT2D eigenvalue weighted by molar-refractivity contribution is -0.144. The Kier molecular flexibility index (Phi) is 7.53. The lowest BCUT2D eigenvalue weighted by Gasteiger charge is -2.36. The van der Waals surface area contributed by atoms with Gasteiger partial charge < -0.3 is 15.7 Å². The molecule has 2 unspecified atom stereocenters. The Hall–Kier alpha value is -3.02. The SMILES string of the molecule is N[C@@H](Cc1cc(F)cc(Cc2ccccc2)c1)C(O)C1CCCN(Cc2ccccc2)C1=O. The van der Waals surface area contributed by atoms with Crippen molar-refractivity contribution in [3.63, 3.8) is 0 Å². The monoisotopic (exact) mass is 446 g/mol. The zero-order valence-electron chi connectivity index (χ0n) is 18.7. The minimum Gasteiger partial charge on any atom is -0.391 e. The second kappa shape index (κ2) is 10.7. The van der Waals surface area contributed by atoms with Crippen molar-refractivity contribution in [1.82, 2.24) is 4.90 Å². The molecule has 1 amide bonds. The molecule has 172 valence electrons. The fraction of sp³-hybridized carbons (Fsp3) is 0.321. The second-order valence-electron chi connectivity index (χ2n) is 8.98. The first-order valence-corrected chi connectivity index (χ1v) is 11.6. The minimum absolute atomic E-state index is 0.0583. The number of amides is 1. The number of aliphatic hydroxyl groups excluding tert-OH is 1. The van der Waals surface area contributed by atoms with Crippen LogP contribution in [0.1, 0.15) is 35.1 Å². The van der Waals surface area contributed by atoms with E-state index in [1.807, 2.05) is 66.7 Å². The highest BCUT2D eigenvalue weighted by Crippen LogP contribution is 2.25. The van der Waals surface area contributed by atoms with Gasteiger partial charge in [-0.3, -0.25) is 4.79 Å². The molecule has 33 heavy (non-hydrogen) atoms. The van der Waals surface area contributed by atoms with E-state index in [0.717, 1.165) is 28.7 Å². The summed E-state index contributed by atoms with van der Waals surface area (Å²) in [6, 6.07) is 24.0. The Morgan fingerprint density at radius 3 is 2.27 bits per heavy atom. The molecule has 1 aliphatic rings. The van der Waals surface area contributed by atoms with E-state index in [1.54, 1.807) is 4.90 Å². The Labute approximate surface area is 194 Å². The topological polar surface area (TPSA) is 66.6 Å². The predicted octanol–water partition coefficient (Wildman–Crippen LogP) is 4.09. The fourth-order valence-corrected chi connectivity index (χ4v) is 4.71. The molecule has 0 radical (unpaired) electrons. The molecule has 3 atom stereocenters. The van der Waals surface area contributed by atoms with E-state index in [0.29, 0.717) is 32.4 Å². The van der Waals surface area contributed by atoms with Crippen LogP contribution in [0.2, 0.25) is 0 Å². The Bertz CT molecular complexity index is 1060. The van der Waals surface area contributed by atoms with Crippen molar-refractivity contribution < 1.29 is 14.3 Å². The lowest BCUT2D eigenvalue weighted by Crippen LogP contribution is -2.51. The van der Waals surface area contributed by atoms with Crippen LogP contribution in [0.5, 0.6) is 0 Å². The van der Waals surface area contributed by atoms with Crippen molar-refractivity contribution in [2.75, 3.05) is 6.54 Å². The van der Waals surface area contributed by atoms with E-state index in [4.69, 9.17) is 5.73 Å². The van der Waals surface area contributed by atoms with Crippen LogP contribution >= 0.6 is 0 Å². The zero-order chi connectivity index (χ0) is 23.2. The van der Waals surface area contributed by atoms with Crippen LogP contribution in [0.15, 0.2) is 78.9 Å². The number of aliphatic hydroxyl groups is 1. The number of hydrogen-bond acceptors (Lipinski definition) is 3. The van der Waals surface area contributed by atoms with Gasteiger partial charge in [0.25, 0.3) is 0 Å². The standard InChI is InChI=1S/C28H31FN2O2/c29-24-16-22(14-20-8-3-1-4-9-20)15-23(17-24)18-26(30)27(32)25-12-7-13-31(28(25)33)19-21-10-5-2-6-11-21/h1-6,8-11,15-17,25-27,32H,7,12-14,18-19,30H2/t25?,26-,27?/m0/s1. The third kappa shape index (κ3) is 6.06. The van der Waals surface area contributed by atoms with Gasteiger partial charge in [-0.05, 0) is 60.1 Å². The van der Waals surface area contributed by atoms with Gasteiger partial charge in [-0.1, -0.05) is 66.7 Å². The molecule has 1 fully saturated rings. The number of hydrogen-bond donors (Lipinski definition) is 2. The van der Waals surface area contributed by atoms with Crippen LogP contribution in [0.3, 0.4) is 0 Å². The van der Waals surface area contributed by atoms with Crippen LogP contribution in [0.4, 0.5) is 4.39 Å². The molecule has 1 heterocycles. The first kappa shape index (κ1) is 23.1. The van der Waals surface area contributed by atoms with E-state index in [2.05, 4.69) is 0 Å². The van der Waals surface area contributed by atoms with E-state index >= 15 is 0 Å². The van der Waals surface area contributed by atoms with Gasteiger partial charge in [0.05, 0.1) is 12.0 Å². The highest BCUT2D eigenvalue weighted by Gasteiger charge is 2.36. The molecule has 0 aromatic heterocycles. The number of carbonyl (C=O) groups excluding carboxylic acids is 1.